The summed E-state index contributed by atoms with van der Waals surface area (Å²) >= 11 is 4.21. The van der Waals surface area contributed by atoms with Crippen LogP contribution in [0.2, 0.25) is 0 Å². The number of aromatic carboxylic acids is 1. The van der Waals surface area contributed by atoms with Gasteiger partial charge in [-0.15, -0.1) is 11.3 Å². The number of anilines is 1. The monoisotopic (exact) mass is 263 g/mol. The van der Waals surface area contributed by atoms with Gasteiger partial charge in [0.2, 0.25) is 5.91 Å². The van der Waals surface area contributed by atoms with Gasteiger partial charge in [-0.2, -0.15) is 0 Å². The van der Waals surface area contributed by atoms with E-state index in [1.54, 1.807) is 6.07 Å². The van der Waals surface area contributed by atoms with Gasteiger partial charge in [-0.05, 0) is 22.0 Å². The Hall–Kier alpha value is -0.880. The Kier molecular flexibility index (Phi) is 3.05. The van der Waals surface area contributed by atoms with E-state index < -0.39 is 5.97 Å². The fraction of sp³-hybridized carbons (Fsp3) is 0.143. The number of carbonyl (C=O) groups excluding carboxylic acids is 1. The van der Waals surface area contributed by atoms with Crippen LogP contribution < -0.4 is 5.32 Å². The molecule has 1 rings (SSSR count). The Balaban J connectivity index is 3.04. The molecule has 0 bridgehead atoms. The van der Waals surface area contributed by atoms with Gasteiger partial charge in [-0.3, -0.25) is 4.79 Å². The minimum absolute atomic E-state index is 0.127. The van der Waals surface area contributed by atoms with Gasteiger partial charge >= 0.3 is 5.97 Å². The zero-order valence-electron chi connectivity index (χ0n) is 6.63. The van der Waals surface area contributed by atoms with Gasteiger partial charge in [0, 0.05) is 6.92 Å². The smallest absolute Gasteiger partial charge is 0.348 e. The average Bonchev–Trinajstić information content (AvgIpc) is 2.29. The fourth-order valence-electron chi connectivity index (χ4n) is 0.802. The number of carboxylic acids is 1. The zero-order chi connectivity index (χ0) is 10.0. The van der Waals surface area contributed by atoms with Crippen LogP contribution in [0.25, 0.3) is 0 Å². The topological polar surface area (TPSA) is 66.4 Å². The van der Waals surface area contributed by atoms with Gasteiger partial charge < -0.3 is 10.4 Å². The highest BCUT2D eigenvalue weighted by molar-refractivity contribution is 9.11. The summed E-state index contributed by atoms with van der Waals surface area (Å²) in [5.41, 5.74) is 0.330. The highest BCUT2D eigenvalue weighted by Gasteiger charge is 2.14. The molecule has 0 fully saturated rings. The summed E-state index contributed by atoms with van der Waals surface area (Å²) in [6.45, 7) is 1.33. The van der Waals surface area contributed by atoms with E-state index in [4.69, 9.17) is 5.11 Å². The molecule has 0 atom stereocenters. The highest BCUT2D eigenvalue weighted by Crippen LogP contribution is 2.31. The third-order valence-corrected chi connectivity index (χ3v) is 2.83. The van der Waals surface area contributed by atoms with Crippen molar-refractivity contribution in [3.8, 4) is 0 Å². The summed E-state index contributed by atoms with van der Waals surface area (Å²) in [6, 6.07) is 1.56. The third kappa shape index (κ3) is 2.53. The molecule has 2 N–H and O–H groups in total. The standard InChI is InChI=1S/C7H6BrNO3S/c1-3(10)9-4-2-5(8)13-6(4)7(11)12/h2H,1H3,(H,9,10)(H,11,12). The first-order valence-electron chi connectivity index (χ1n) is 3.31. The molecule has 0 saturated carbocycles. The highest BCUT2D eigenvalue weighted by atomic mass is 79.9. The molecule has 6 heteroatoms. The van der Waals surface area contributed by atoms with E-state index in [1.807, 2.05) is 0 Å². The van der Waals surface area contributed by atoms with Crippen LogP contribution in [0, 0.1) is 0 Å². The van der Waals surface area contributed by atoms with Crippen molar-refractivity contribution in [1.29, 1.82) is 0 Å². The third-order valence-electron chi connectivity index (χ3n) is 1.21. The lowest BCUT2D eigenvalue weighted by Gasteiger charge is -1.98. The minimum atomic E-state index is -1.04. The maximum atomic E-state index is 10.7. The molecular weight excluding hydrogens is 258 g/mol. The molecule has 0 unspecified atom stereocenters. The van der Waals surface area contributed by atoms with Crippen LogP contribution in [-0.4, -0.2) is 17.0 Å². The molecule has 1 aromatic heterocycles. The van der Waals surface area contributed by atoms with Crippen molar-refractivity contribution in [2.75, 3.05) is 5.32 Å². The van der Waals surface area contributed by atoms with Crippen molar-refractivity contribution in [2.45, 2.75) is 6.92 Å². The quantitative estimate of drug-likeness (QED) is 0.860. The van der Waals surface area contributed by atoms with Crippen molar-refractivity contribution < 1.29 is 14.7 Å². The Bertz CT molecular complexity index is 361. The fourth-order valence-corrected chi connectivity index (χ4v) is 2.20. The number of amides is 1. The summed E-state index contributed by atoms with van der Waals surface area (Å²) in [5, 5.41) is 11.2. The number of carbonyl (C=O) groups is 2. The lowest BCUT2D eigenvalue weighted by molar-refractivity contribution is -0.114. The van der Waals surface area contributed by atoms with Crippen LogP contribution in [0.3, 0.4) is 0 Å². The Morgan fingerprint density at radius 3 is 2.69 bits per heavy atom. The first kappa shape index (κ1) is 10.2. The van der Waals surface area contributed by atoms with Gasteiger partial charge in [-0.25, -0.2) is 4.79 Å². The summed E-state index contributed by atoms with van der Waals surface area (Å²) in [4.78, 5) is 21.5. The molecule has 0 aliphatic heterocycles. The van der Waals surface area contributed by atoms with Crippen LogP contribution in [0.5, 0.6) is 0 Å². The Labute approximate surface area is 86.7 Å². The van der Waals surface area contributed by atoms with Crippen molar-refractivity contribution in [3.63, 3.8) is 0 Å². The second-order valence-corrected chi connectivity index (χ2v) is 4.71. The van der Waals surface area contributed by atoms with Gasteiger partial charge in [0.25, 0.3) is 0 Å². The number of hydrogen-bond donors (Lipinski definition) is 2. The van der Waals surface area contributed by atoms with Crippen molar-refractivity contribution in [1.82, 2.24) is 0 Å². The van der Waals surface area contributed by atoms with Gasteiger partial charge in [0.05, 0.1) is 9.47 Å². The Morgan fingerprint density at radius 1 is 1.62 bits per heavy atom. The number of hydrogen-bond acceptors (Lipinski definition) is 3. The summed E-state index contributed by atoms with van der Waals surface area (Å²) in [7, 11) is 0. The maximum Gasteiger partial charge on any atom is 0.348 e. The molecule has 1 heterocycles. The van der Waals surface area contributed by atoms with E-state index in [9.17, 15) is 9.59 Å². The van der Waals surface area contributed by atoms with Crippen molar-refractivity contribution in [2.24, 2.45) is 0 Å². The molecule has 0 aliphatic carbocycles. The SMILES string of the molecule is CC(=O)Nc1cc(Br)sc1C(=O)O. The molecule has 13 heavy (non-hydrogen) atoms. The zero-order valence-corrected chi connectivity index (χ0v) is 9.03. The predicted octanol–water partition coefficient (Wildman–Crippen LogP) is 2.17. The van der Waals surface area contributed by atoms with Gasteiger partial charge in [0.1, 0.15) is 4.88 Å². The largest absolute Gasteiger partial charge is 0.477 e. The molecule has 0 spiro atoms. The number of halogens is 1. The van der Waals surface area contributed by atoms with Crippen LogP contribution in [0.1, 0.15) is 16.6 Å². The molecular formula is C7H6BrNO3S. The van der Waals surface area contributed by atoms with E-state index in [2.05, 4.69) is 21.2 Å². The van der Waals surface area contributed by atoms with Crippen LogP contribution in [0.15, 0.2) is 9.85 Å². The molecule has 70 valence electrons. The second-order valence-electron chi connectivity index (χ2n) is 2.28. The van der Waals surface area contributed by atoms with Gasteiger partial charge in [-0.1, -0.05) is 0 Å². The first-order chi connectivity index (χ1) is 6.00. The van der Waals surface area contributed by atoms with Crippen molar-refractivity contribution >= 4 is 44.8 Å². The van der Waals surface area contributed by atoms with E-state index in [0.29, 0.717) is 9.47 Å². The van der Waals surface area contributed by atoms with Crippen LogP contribution in [-0.2, 0) is 4.79 Å². The number of carboxylic acid groups (broad SMARTS) is 1. The number of rotatable bonds is 2. The molecule has 0 radical (unpaired) electrons. The van der Waals surface area contributed by atoms with E-state index in [-0.39, 0.29) is 10.8 Å². The van der Waals surface area contributed by atoms with Gasteiger partial charge in [0.15, 0.2) is 0 Å². The van der Waals surface area contributed by atoms with E-state index in [1.165, 1.54) is 6.92 Å². The molecule has 1 aromatic rings. The summed E-state index contributed by atoms with van der Waals surface area (Å²) in [6.07, 6.45) is 0. The van der Waals surface area contributed by atoms with E-state index in [0.717, 1.165) is 11.3 Å². The molecule has 0 aliphatic rings. The normalized spacial score (nSPS) is 9.69. The van der Waals surface area contributed by atoms with Crippen molar-refractivity contribution in [3.05, 3.63) is 14.7 Å². The average molecular weight is 264 g/mol. The Morgan fingerprint density at radius 2 is 2.23 bits per heavy atom. The van der Waals surface area contributed by atoms with Crippen LogP contribution >= 0.6 is 27.3 Å². The number of thiophene rings is 1. The van der Waals surface area contributed by atoms with Crippen LogP contribution in [0.4, 0.5) is 5.69 Å². The van der Waals surface area contributed by atoms with E-state index >= 15 is 0 Å². The molecule has 4 nitrogen and oxygen atoms in total. The molecule has 0 saturated heterocycles. The number of nitrogens with one attached hydrogen (secondary N) is 1. The second kappa shape index (κ2) is 3.89. The maximum absolute atomic E-state index is 10.7. The minimum Gasteiger partial charge on any atom is -0.477 e. The molecule has 0 aromatic carbocycles. The predicted molar refractivity (Wildman–Crippen MR) is 53.3 cm³/mol. The molecule has 1 amide bonds. The summed E-state index contributed by atoms with van der Waals surface area (Å²) in [5.74, 6) is -1.33. The summed E-state index contributed by atoms with van der Waals surface area (Å²) < 4.78 is 0.675. The lowest BCUT2D eigenvalue weighted by atomic mass is 10.4. The lowest BCUT2D eigenvalue weighted by Crippen LogP contribution is -2.08. The first-order valence-corrected chi connectivity index (χ1v) is 4.92.